The number of pyridine rings is 1. The molecule has 0 spiro atoms. The number of hydrogen-bond donors (Lipinski definition) is 2. The lowest BCUT2D eigenvalue weighted by atomic mass is 10.0. The van der Waals surface area contributed by atoms with Crippen LogP contribution in [0.2, 0.25) is 0 Å². The smallest absolute Gasteiger partial charge is 0.251 e. The van der Waals surface area contributed by atoms with Crippen LogP contribution in [0.1, 0.15) is 49.3 Å². The molecule has 0 saturated carbocycles. The minimum Gasteiger partial charge on any atom is -0.356 e. The Morgan fingerprint density at radius 1 is 1.17 bits per heavy atom. The maximum absolute atomic E-state index is 12.2. The first kappa shape index (κ1) is 17.3. The fraction of sp³-hybridized carbons (Fsp3) is 0.474. The van der Waals surface area contributed by atoms with E-state index < -0.39 is 0 Å². The predicted octanol–water partition coefficient (Wildman–Crippen LogP) is 3.38. The van der Waals surface area contributed by atoms with Gasteiger partial charge in [-0.2, -0.15) is 0 Å². The van der Waals surface area contributed by atoms with Crippen molar-refractivity contribution in [3.05, 3.63) is 45.2 Å². The Morgan fingerprint density at radius 2 is 1.96 bits per heavy atom. The van der Waals surface area contributed by atoms with E-state index in [1.54, 1.807) is 0 Å². The van der Waals surface area contributed by atoms with Gasteiger partial charge in [-0.05, 0) is 49.9 Å². The molecule has 124 valence electrons. The number of unbranched alkanes of at least 4 members (excludes halogenated alkanes) is 2. The van der Waals surface area contributed by atoms with Gasteiger partial charge in [-0.25, -0.2) is 0 Å². The Labute approximate surface area is 137 Å². The van der Waals surface area contributed by atoms with Crippen molar-refractivity contribution in [3.63, 3.8) is 0 Å². The molecule has 0 unspecified atom stereocenters. The summed E-state index contributed by atoms with van der Waals surface area (Å²) in [5.41, 5.74) is 3.71. The summed E-state index contributed by atoms with van der Waals surface area (Å²) in [6.07, 6.45) is 4.10. The highest BCUT2D eigenvalue weighted by molar-refractivity contribution is 5.83. The summed E-state index contributed by atoms with van der Waals surface area (Å²) >= 11 is 0. The zero-order valence-corrected chi connectivity index (χ0v) is 14.3. The van der Waals surface area contributed by atoms with E-state index in [4.69, 9.17) is 0 Å². The number of H-pyrrole nitrogens is 1. The van der Waals surface area contributed by atoms with Gasteiger partial charge in [-0.1, -0.05) is 25.8 Å². The van der Waals surface area contributed by atoms with E-state index in [1.165, 1.54) is 0 Å². The van der Waals surface area contributed by atoms with E-state index in [2.05, 4.69) is 23.3 Å². The van der Waals surface area contributed by atoms with Crippen LogP contribution in [0, 0.1) is 13.8 Å². The lowest BCUT2D eigenvalue weighted by Gasteiger charge is -2.08. The molecule has 1 aromatic heterocycles. The van der Waals surface area contributed by atoms with Crippen molar-refractivity contribution in [1.82, 2.24) is 10.3 Å². The molecule has 4 heteroatoms. The van der Waals surface area contributed by atoms with Gasteiger partial charge in [0.25, 0.3) is 5.56 Å². The Hall–Kier alpha value is -2.10. The highest BCUT2D eigenvalue weighted by Crippen LogP contribution is 2.18. The maximum Gasteiger partial charge on any atom is 0.251 e. The van der Waals surface area contributed by atoms with Gasteiger partial charge < -0.3 is 10.3 Å². The van der Waals surface area contributed by atoms with Crippen molar-refractivity contribution < 1.29 is 4.79 Å². The molecule has 1 heterocycles. The minimum absolute atomic E-state index is 0.0150. The molecule has 0 atom stereocenters. The molecule has 1 aromatic carbocycles. The Bertz CT molecular complexity index is 747. The van der Waals surface area contributed by atoms with Crippen LogP contribution in [0.5, 0.6) is 0 Å². The summed E-state index contributed by atoms with van der Waals surface area (Å²) in [5.74, 6) is 0.0150. The van der Waals surface area contributed by atoms with E-state index >= 15 is 0 Å². The molecule has 0 fully saturated rings. The van der Waals surface area contributed by atoms with Crippen molar-refractivity contribution in [2.75, 3.05) is 6.54 Å². The van der Waals surface area contributed by atoms with Crippen LogP contribution in [0.4, 0.5) is 0 Å². The quantitative estimate of drug-likeness (QED) is 0.770. The van der Waals surface area contributed by atoms with E-state index in [-0.39, 0.29) is 11.5 Å². The molecule has 0 bridgehead atoms. The molecule has 1 amide bonds. The molecular weight excluding hydrogens is 288 g/mol. The number of carbonyl (C=O) groups excluding carboxylic acids is 1. The average Bonchev–Trinajstić information content (AvgIpc) is 2.49. The maximum atomic E-state index is 12.2. The third-order valence-electron chi connectivity index (χ3n) is 4.11. The molecule has 0 radical (unpaired) electrons. The lowest BCUT2D eigenvalue weighted by molar-refractivity contribution is -0.121. The molecular formula is C19H26N2O2. The third kappa shape index (κ3) is 4.68. The standard InChI is InChI=1S/C19H26N2O2/c1-4-5-6-9-20-18(22)8-7-15-12-16-14(3)10-13(2)11-17(16)21-19(15)23/h10-12H,4-9H2,1-3H3,(H,20,22)(H,21,23). The molecule has 0 saturated heterocycles. The zero-order chi connectivity index (χ0) is 16.8. The largest absolute Gasteiger partial charge is 0.356 e. The van der Waals surface area contributed by atoms with Crippen LogP contribution in [-0.2, 0) is 11.2 Å². The second-order valence-corrected chi connectivity index (χ2v) is 6.22. The molecule has 2 rings (SSSR count). The van der Waals surface area contributed by atoms with Gasteiger partial charge in [0, 0.05) is 29.4 Å². The second kappa shape index (κ2) is 7.95. The van der Waals surface area contributed by atoms with Gasteiger partial charge in [-0.3, -0.25) is 9.59 Å². The number of hydrogen-bond acceptors (Lipinski definition) is 2. The number of aromatic amines is 1. The number of rotatable bonds is 7. The van der Waals surface area contributed by atoms with Crippen molar-refractivity contribution in [1.29, 1.82) is 0 Å². The number of aryl methyl sites for hydroxylation is 3. The summed E-state index contributed by atoms with van der Waals surface area (Å²) in [5, 5.41) is 3.96. The average molecular weight is 314 g/mol. The number of benzene rings is 1. The van der Waals surface area contributed by atoms with Crippen LogP contribution in [-0.4, -0.2) is 17.4 Å². The van der Waals surface area contributed by atoms with Gasteiger partial charge in [0.05, 0.1) is 0 Å². The predicted molar refractivity (Wildman–Crippen MR) is 94.9 cm³/mol. The highest BCUT2D eigenvalue weighted by atomic mass is 16.1. The lowest BCUT2D eigenvalue weighted by Crippen LogP contribution is -2.25. The Balaban J connectivity index is 2.04. The number of amides is 1. The third-order valence-corrected chi connectivity index (χ3v) is 4.11. The van der Waals surface area contributed by atoms with Crippen LogP contribution in [0.15, 0.2) is 23.0 Å². The Morgan fingerprint density at radius 3 is 2.70 bits per heavy atom. The molecule has 2 aromatic rings. The molecule has 23 heavy (non-hydrogen) atoms. The highest BCUT2D eigenvalue weighted by Gasteiger charge is 2.08. The van der Waals surface area contributed by atoms with Gasteiger partial charge in [0.1, 0.15) is 0 Å². The van der Waals surface area contributed by atoms with E-state index in [1.807, 2.05) is 26.0 Å². The summed E-state index contributed by atoms with van der Waals surface area (Å²) in [6.45, 7) is 6.91. The van der Waals surface area contributed by atoms with E-state index in [0.717, 1.165) is 47.8 Å². The second-order valence-electron chi connectivity index (χ2n) is 6.22. The van der Waals surface area contributed by atoms with E-state index in [9.17, 15) is 9.59 Å². The SMILES string of the molecule is CCCCCNC(=O)CCc1cc2c(C)cc(C)cc2[nH]c1=O. The van der Waals surface area contributed by atoms with Crippen molar-refractivity contribution >= 4 is 16.8 Å². The monoisotopic (exact) mass is 314 g/mol. The minimum atomic E-state index is -0.0960. The fourth-order valence-corrected chi connectivity index (χ4v) is 2.84. The zero-order valence-electron chi connectivity index (χ0n) is 14.3. The van der Waals surface area contributed by atoms with Crippen molar-refractivity contribution in [2.24, 2.45) is 0 Å². The van der Waals surface area contributed by atoms with Gasteiger partial charge >= 0.3 is 0 Å². The topological polar surface area (TPSA) is 62.0 Å². The molecule has 0 aliphatic rings. The first-order valence-electron chi connectivity index (χ1n) is 8.41. The molecule has 4 nitrogen and oxygen atoms in total. The van der Waals surface area contributed by atoms with Gasteiger partial charge in [-0.15, -0.1) is 0 Å². The first-order chi connectivity index (χ1) is 11.0. The van der Waals surface area contributed by atoms with Crippen molar-refractivity contribution in [2.45, 2.75) is 52.9 Å². The Kier molecular flexibility index (Phi) is 5.97. The summed E-state index contributed by atoms with van der Waals surface area (Å²) in [4.78, 5) is 27.0. The van der Waals surface area contributed by atoms with Crippen molar-refractivity contribution in [3.8, 4) is 0 Å². The molecule has 0 aliphatic carbocycles. The van der Waals surface area contributed by atoms with Crippen LogP contribution in [0.25, 0.3) is 10.9 Å². The number of fused-ring (bicyclic) bond motifs is 1. The first-order valence-corrected chi connectivity index (χ1v) is 8.41. The fourth-order valence-electron chi connectivity index (χ4n) is 2.84. The number of aromatic nitrogens is 1. The van der Waals surface area contributed by atoms with Gasteiger partial charge in [0.15, 0.2) is 0 Å². The molecule has 0 aliphatic heterocycles. The normalized spacial score (nSPS) is 10.9. The molecule has 2 N–H and O–H groups in total. The summed E-state index contributed by atoms with van der Waals surface area (Å²) < 4.78 is 0. The van der Waals surface area contributed by atoms with Gasteiger partial charge in [0.2, 0.25) is 5.91 Å². The number of nitrogens with one attached hydrogen (secondary N) is 2. The van der Waals surface area contributed by atoms with Crippen LogP contribution >= 0.6 is 0 Å². The van der Waals surface area contributed by atoms with Crippen LogP contribution < -0.4 is 10.9 Å². The summed E-state index contributed by atoms with van der Waals surface area (Å²) in [7, 11) is 0. The summed E-state index contributed by atoms with van der Waals surface area (Å²) in [6, 6.07) is 6.01. The van der Waals surface area contributed by atoms with E-state index in [0.29, 0.717) is 18.4 Å². The number of carbonyl (C=O) groups is 1. The van der Waals surface area contributed by atoms with Crippen LogP contribution in [0.3, 0.4) is 0 Å².